The Morgan fingerprint density at radius 3 is 2.67 bits per heavy atom. The normalized spacial score (nSPS) is 18.8. The minimum absolute atomic E-state index is 0.161. The van der Waals surface area contributed by atoms with Crippen LogP contribution < -0.4 is 5.32 Å². The molecular weight excluding hydrogens is 268 g/mol. The Hall–Kier alpha value is -1.40. The second-order valence-corrected chi connectivity index (χ2v) is 6.12. The Balaban J connectivity index is 1.75. The molecule has 6 heteroatoms. The SMILES string of the molecule is Cc1cc(C)n(C[C@H](C)NC2CCN(CC(=O)O)CC2)n1. The molecule has 1 aliphatic heterocycles. The van der Waals surface area contributed by atoms with Gasteiger partial charge < -0.3 is 10.4 Å². The van der Waals surface area contributed by atoms with E-state index in [9.17, 15) is 4.79 Å². The lowest BCUT2D eigenvalue weighted by atomic mass is 10.0. The van der Waals surface area contributed by atoms with Crippen molar-refractivity contribution in [2.45, 2.75) is 52.2 Å². The van der Waals surface area contributed by atoms with E-state index in [4.69, 9.17) is 5.11 Å². The van der Waals surface area contributed by atoms with Gasteiger partial charge in [-0.25, -0.2) is 0 Å². The summed E-state index contributed by atoms with van der Waals surface area (Å²) >= 11 is 0. The lowest BCUT2D eigenvalue weighted by molar-refractivity contribution is -0.138. The van der Waals surface area contributed by atoms with Gasteiger partial charge in [0.05, 0.1) is 18.8 Å². The van der Waals surface area contributed by atoms with Crippen LogP contribution in [-0.2, 0) is 11.3 Å². The van der Waals surface area contributed by atoms with E-state index in [1.807, 2.05) is 16.5 Å². The molecule has 1 aliphatic rings. The van der Waals surface area contributed by atoms with Crippen LogP contribution in [0.4, 0.5) is 0 Å². The van der Waals surface area contributed by atoms with Crippen molar-refractivity contribution in [1.29, 1.82) is 0 Å². The molecule has 0 spiro atoms. The maximum Gasteiger partial charge on any atom is 0.317 e. The summed E-state index contributed by atoms with van der Waals surface area (Å²) in [4.78, 5) is 12.7. The van der Waals surface area contributed by atoms with Gasteiger partial charge in [0.1, 0.15) is 0 Å². The van der Waals surface area contributed by atoms with Crippen LogP contribution in [-0.4, -0.2) is 57.5 Å². The van der Waals surface area contributed by atoms with E-state index < -0.39 is 5.97 Å². The van der Waals surface area contributed by atoms with Crippen molar-refractivity contribution in [2.24, 2.45) is 0 Å². The predicted octanol–water partition coefficient (Wildman–Crippen LogP) is 1.03. The van der Waals surface area contributed by atoms with Crippen molar-refractivity contribution >= 4 is 5.97 Å². The number of aliphatic carboxylic acids is 1. The Labute approximate surface area is 126 Å². The fourth-order valence-corrected chi connectivity index (χ4v) is 3.02. The number of nitrogens with zero attached hydrogens (tertiary/aromatic N) is 3. The smallest absolute Gasteiger partial charge is 0.317 e. The second kappa shape index (κ2) is 7.04. The van der Waals surface area contributed by atoms with Crippen molar-refractivity contribution in [3.05, 3.63) is 17.5 Å². The Morgan fingerprint density at radius 1 is 1.48 bits per heavy atom. The van der Waals surface area contributed by atoms with Crippen LogP contribution in [0.2, 0.25) is 0 Å². The highest BCUT2D eigenvalue weighted by molar-refractivity contribution is 5.69. The molecule has 6 nitrogen and oxygen atoms in total. The van der Waals surface area contributed by atoms with Gasteiger partial charge in [-0.3, -0.25) is 14.4 Å². The van der Waals surface area contributed by atoms with Crippen molar-refractivity contribution in [3.63, 3.8) is 0 Å². The number of carbonyl (C=O) groups is 1. The van der Waals surface area contributed by atoms with Crippen LogP contribution in [0.5, 0.6) is 0 Å². The predicted molar refractivity (Wildman–Crippen MR) is 81.4 cm³/mol. The van der Waals surface area contributed by atoms with Crippen LogP contribution in [0.3, 0.4) is 0 Å². The van der Waals surface area contributed by atoms with Gasteiger partial charge in [0, 0.05) is 30.9 Å². The number of nitrogens with one attached hydrogen (secondary N) is 1. The summed E-state index contributed by atoms with van der Waals surface area (Å²) in [7, 11) is 0. The van der Waals surface area contributed by atoms with Gasteiger partial charge in [0.2, 0.25) is 0 Å². The highest BCUT2D eigenvalue weighted by Crippen LogP contribution is 2.11. The van der Waals surface area contributed by atoms with Gasteiger partial charge in [-0.05, 0) is 39.7 Å². The van der Waals surface area contributed by atoms with Gasteiger partial charge in [-0.15, -0.1) is 0 Å². The molecule has 1 aromatic heterocycles. The summed E-state index contributed by atoms with van der Waals surface area (Å²) in [6, 6.07) is 2.93. The topological polar surface area (TPSA) is 70.4 Å². The number of aryl methyl sites for hydroxylation is 2. The monoisotopic (exact) mass is 294 g/mol. The van der Waals surface area contributed by atoms with E-state index in [0.717, 1.165) is 38.2 Å². The van der Waals surface area contributed by atoms with Crippen LogP contribution in [0.25, 0.3) is 0 Å². The molecule has 2 N–H and O–H groups in total. The lowest BCUT2D eigenvalue weighted by Crippen LogP contribution is -2.47. The minimum Gasteiger partial charge on any atom is -0.480 e. The highest BCUT2D eigenvalue weighted by atomic mass is 16.4. The van der Waals surface area contributed by atoms with E-state index >= 15 is 0 Å². The molecule has 0 amide bonds. The summed E-state index contributed by atoms with van der Waals surface area (Å²) in [5.74, 6) is -0.737. The average molecular weight is 294 g/mol. The number of piperidine rings is 1. The fourth-order valence-electron chi connectivity index (χ4n) is 3.02. The average Bonchev–Trinajstić information content (AvgIpc) is 2.69. The molecule has 0 saturated carbocycles. The van der Waals surface area contributed by atoms with E-state index in [0.29, 0.717) is 12.1 Å². The molecule has 0 aromatic carbocycles. The molecule has 0 bridgehead atoms. The summed E-state index contributed by atoms with van der Waals surface area (Å²) in [6.45, 7) is 9.02. The van der Waals surface area contributed by atoms with E-state index in [1.165, 1.54) is 5.69 Å². The van der Waals surface area contributed by atoms with Crippen molar-refractivity contribution < 1.29 is 9.90 Å². The van der Waals surface area contributed by atoms with Crippen molar-refractivity contribution in [2.75, 3.05) is 19.6 Å². The number of carboxylic acids is 1. The molecule has 1 saturated heterocycles. The first-order valence-corrected chi connectivity index (χ1v) is 7.65. The third-order valence-electron chi connectivity index (χ3n) is 4.02. The van der Waals surface area contributed by atoms with Crippen molar-refractivity contribution in [3.8, 4) is 0 Å². The summed E-state index contributed by atoms with van der Waals surface area (Å²) < 4.78 is 2.05. The standard InChI is InChI=1S/C15H26N4O2/c1-11-8-13(3)19(17-11)9-12(2)16-14-4-6-18(7-5-14)10-15(20)21/h8,12,14,16H,4-7,9-10H2,1-3H3,(H,20,21)/t12-/m0/s1. The third-order valence-corrected chi connectivity index (χ3v) is 4.02. The van der Waals surface area contributed by atoms with E-state index in [-0.39, 0.29) is 6.54 Å². The molecule has 0 unspecified atom stereocenters. The van der Waals surface area contributed by atoms with Gasteiger partial charge in [-0.1, -0.05) is 0 Å². The number of hydrogen-bond acceptors (Lipinski definition) is 4. The van der Waals surface area contributed by atoms with Gasteiger partial charge >= 0.3 is 5.97 Å². The Bertz CT molecular complexity index is 478. The molecule has 21 heavy (non-hydrogen) atoms. The van der Waals surface area contributed by atoms with Gasteiger partial charge in [0.15, 0.2) is 0 Å². The number of rotatable bonds is 6. The summed E-state index contributed by atoms with van der Waals surface area (Å²) in [5, 5.41) is 16.9. The molecule has 1 aromatic rings. The molecule has 0 radical (unpaired) electrons. The van der Waals surface area contributed by atoms with Crippen LogP contribution in [0.15, 0.2) is 6.07 Å². The van der Waals surface area contributed by atoms with Gasteiger partial charge in [-0.2, -0.15) is 5.10 Å². The Kier molecular flexibility index (Phi) is 5.36. The quantitative estimate of drug-likeness (QED) is 0.820. The van der Waals surface area contributed by atoms with Gasteiger partial charge in [0.25, 0.3) is 0 Å². The second-order valence-electron chi connectivity index (χ2n) is 6.12. The highest BCUT2D eigenvalue weighted by Gasteiger charge is 2.21. The van der Waals surface area contributed by atoms with Crippen LogP contribution in [0.1, 0.15) is 31.2 Å². The molecule has 0 aliphatic carbocycles. The zero-order valence-corrected chi connectivity index (χ0v) is 13.2. The van der Waals surface area contributed by atoms with Crippen molar-refractivity contribution in [1.82, 2.24) is 20.0 Å². The zero-order valence-electron chi connectivity index (χ0n) is 13.2. The maximum atomic E-state index is 10.7. The minimum atomic E-state index is -0.737. The zero-order chi connectivity index (χ0) is 15.4. The molecule has 1 fully saturated rings. The number of carboxylic acid groups (broad SMARTS) is 1. The molecule has 118 valence electrons. The number of likely N-dealkylation sites (tertiary alicyclic amines) is 1. The molecular formula is C15H26N4O2. The molecule has 2 heterocycles. The summed E-state index contributed by atoms with van der Waals surface area (Å²) in [6.07, 6.45) is 2.02. The fraction of sp³-hybridized carbons (Fsp3) is 0.733. The van der Waals surface area contributed by atoms with E-state index in [2.05, 4.69) is 30.3 Å². The van der Waals surface area contributed by atoms with E-state index in [1.54, 1.807) is 0 Å². The Morgan fingerprint density at radius 2 is 2.14 bits per heavy atom. The lowest BCUT2D eigenvalue weighted by Gasteiger charge is -2.33. The first-order valence-electron chi connectivity index (χ1n) is 7.65. The number of aromatic nitrogens is 2. The first kappa shape index (κ1) is 16.0. The number of hydrogen-bond donors (Lipinski definition) is 2. The molecule has 2 rings (SSSR count). The summed E-state index contributed by atoms with van der Waals surface area (Å²) in [5.41, 5.74) is 2.25. The van der Waals surface area contributed by atoms with Crippen LogP contribution >= 0.6 is 0 Å². The third kappa shape index (κ3) is 4.82. The molecule has 1 atom stereocenters. The first-order chi connectivity index (χ1) is 9.94. The largest absolute Gasteiger partial charge is 0.480 e. The maximum absolute atomic E-state index is 10.7. The van der Waals surface area contributed by atoms with Crippen LogP contribution in [0, 0.1) is 13.8 Å².